The first-order valence-corrected chi connectivity index (χ1v) is 5.83. The number of rotatable bonds is 5. The molecule has 1 aliphatic rings. The van der Waals surface area contributed by atoms with Crippen LogP contribution in [0, 0.1) is 0 Å². The standard InChI is InChI=1S/C11H22N2O2.ClH/c1-3-6-15-8-11(14)13-10-4-5-12-9(2)7-10;/h9-10,12H,3-8H2,1-2H3,(H,13,14);1H. The second-order valence-corrected chi connectivity index (χ2v) is 4.20. The van der Waals surface area contributed by atoms with Gasteiger partial charge in [0.2, 0.25) is 5.91 Å². The van der Waals surface area contributed by atoms with Crippen LogP contribution in [-0.4, -0.2) is 37.7 Å². The first-order valence-electron chi connectivity index (χ1n) is 5.83. The Kier molecular flexibility index (Phi) is 8.61. The van der Waals surface area contributed by atoms with Gasteiger partial charge in [0, 0.05) is 18.7 Å². The molecule has 1 amide bonds. The summed E-state index contributed by atoms with van der Waals surface area (Å²) in [4.78, 5) is 11.4. The summed E-state index contributed by atoms with van der Waals surface area (Å²) in [5.74, 6) is 0.0163. The number of halogens is 1. The van der Waals surface area contributed by atoms with Gasteiger partial charge in [-0.3, -0.25) is 4.79 Å². The van der Waals surface area contributed by atoms with Gasteiger partial charge in [-0.2, -0.15) is 0 Å². The van der Waals surface area contributed by atoms with Crippen LogP contribution in [0.15, 0.2) is 0 Å². The molecule has 96 valence electrons. The van der Waals surface area contributed by atoms with E-state index in [1.165, 1.54) is 0 Å². The maximum atomic E-state index is 11.4. The van der Waals surface area contributed by atoms with Crippen molar-refractivity contribution in [1.82, 2.24) is 10.6 Å². The molecule has 0 spiro atoms. The van der Waals surface area contributed by atoms with Crippen LogP contribution in [0.25, 0.3) is 0 Å². The van der Waals surface area contributed by atoms with Crippen LogP contribution >= 0.6 is 12.4 Å². The molecule has 16 heavy (non-hydrogen) atoms. The molecule has 1 saturated heterocycles. The quantitative estimate of drug-likeness (QED) is 0.719. The molecule has 4 nitrogen and oxygen atoms in total. The minimum atomic E-state index is 0. The van der Waals surface area contributed by atoms with E-state index in [4.69, 9.17) is 4.74 Å². The van der Waals surface area contributed by atoms with Gasteiger partial charge in [0.15, 0.2) is 0 Å². The van der Waals surface area contributed by atoms with E-state index in [1.807, 2.05) is 6.92 Å². The van der Waals surface area contributed by atoms with Gasteiger partial charge in [-0.25, -0.2) is 0 Å². The number of ether oxygens (including phenoxy) is 1. The highest BCUT2D eigenvalue weighted by atomic mass is 35.5. The van der Waals surface area contributed by atoms with Crippen LogP contribution in [0.2, 0.25) is 0 Å². The molecule has 1 fully saturated rings. The average molecular weight is 251 g/mol. The van der Waals surface area contributed by atoms with Crippen molar-refractivity contribution in [2.45, 2.75) is 45.2 Å². The molecule has 0 aromatic rings. The summed E-state index contributed by atoms with van der Waals surface area (Å²) in [7, 11) is 0. The molecule has 0 bridgehead atoms. The molecule has 0 aliphatic carbocycles. The lowest BCUT2D eigenvalue weighted by Crippen LogP contribution is -2.47. The van der Waals surface area contributed by atoms with E-state index in [-0.39, 0.29) is 24.9 Å². The Morgan fingerprint density at radius 3 is 2.94 bits per heavy atom. The van der Waals surface area contributed by atoms with Crippen LogP contribution in [0.3, 0.4) is 0 Å². The third-order valence-electron chi connectivity index (χ3n) is 2.57. The number of nitrogens with one attached hydrogen (secondary N) is 2. The maximum absolute atomic E-state index is 11.4. The molecule has 0 saturated carbocycles. The van der Waals surface area contributed by atoms with Gasteiger partial charge >= 0.3 is 0 Å². The number of carbonyl (C=O) groups is 1. The predicted molar refractivity (Wildman–Crippen MR) is 67.0 cm³/mol. The van der Waals surface area contributed by atoms with E-state index in [9.17, 15) is 4.79 Å². The second kappa shape index (κ2) is 8.79. The first-order chi connectivity index (χ1) is 7.22. The van der Waals surface area contributed by atoms with Crippen molar-refractivity contribution in [2.75, 3.05) is 19.8 Å². The number of piperidine rings is 1. The van der Waals surface area contributed by atoms with Crippen molar-refractivity contribution in [3.8, 4) is 0 Å². The van der Waals surface area contributed by atoms with Gasteiger partial charge in [0.05, 0.1) is 0 Å². The fraction of sp³-hybridized carbons (Fsp3) is 0.909. The van der Waals surface area contributed by atoms with Gasteiger partial charge in [-0.05, 0) is 32.7 Å². The fourth-order valence-corrected chi connectivity index (χ4v) is 1.84. The van der Waals surface area contributed by atoms with Crippen molar-refractivity contribution in [2.24, 2.45) is 0 Å². The van der Waals surface area contributed by atoms with Crippen molar-refractivity contribution >= 4 is 18.3 Å². The fourth-order valence-electron chi connectivity index (χ4n) is 1.84. The summed E-state index contributed by atoms with van der Waals surface area (Å²) in [5, 5.41) is 6.36. The van der Waals surface area contributed by atoms with Crippen LogP contribution in [0.1, 0.15) is 33.1 Å². The van der Waals surface area contributed by atoms with Crippen LogP contribution in [-0.2, 0) is 9.53 Å². The summed E-state index contributed by atoms with van der Waals surface area (Å²) in [6.07, 6.45) is 2.99. The highest BCUT2D eigenvalue weighted by Gasteiger charge is 2.19. The SMILES string of the molecule is CCCOCC(=O)NC1CCNC(C)C1.Cl. The number of hydrogen-bond acceptors (Lipinski definition) is 3. The van der Waals surface area contributed by atoms with E-state index in [2.05, 4.69) is 17.6 Å². The van der Waals surface area contributed by atoms with Gasteiger partial charge < -0.3 is 15.4 Å². The lowest BCUT2D eigenvalue weighted by molar-refractivity contribution is -0.126. The Balaban J connectivity index is 0.00000225. The monoisotopic (exact) mass is 250 g/mol. The third-order valence-corrected chi connectivity index (χ3v) is 2.57. The Morgan fingerprint density at radius 1 is 1.56 bits per heavy atom. The van der Waals surface area contributed by atoms with Crippen LogP contribution < -0.4 is 10.6 Å². The van der Waals surface area contributed by atoms with E-state index in [0.717, 1.165) is 25.8 Å². The van der Waals surface area contributed by atoms with E-state index in [0.29, 0.717) is 18.7 Å². The van der Waals surface area contributed by atoms with Crippen molar-refractivity contribution in [3.63, 3.8) is 0 Å². The summed E-state index contributed by atoms with van der Waals surface area (Å²) < 4.78 is 5.19. The molecule has 0 aromatic carbocycles. The van der Waals surface area contributed by atoms with Gasteiger partial charge in [-0.1, -0.05) is 6.92 Å². The van der Waals surface area contributed by atoms with Crippen molar-refractivity contribution in [3.05, 3.63) is 0 Å². The number of amides is 1. The summed E-state index contributed by atoms with van der Waals surface area (Å²) in [5.41, 5.74) is 0. The zero-order valence-electron chi connectivity index (χ0n) is 10.1. The molecule has 5 heteroatoms. The molecular formula is C11H23ClN2O2. The Labute approximate surface area is 104 Å². The molecule has 2 unspecified atom stereocenters. The zero-order chi connectivity index (χ0) is 11.1. The normalized spacial score (nSPS) is 24.6. The molecule has 0 aromatic heterocycles. The molecule has 2 N–H and O–H groups in total. The first kappa shape index (κ1) is 15.7. The zero-order valence-corrected chi connectivity index (χ0v) is 10.9. The molecule has 0 radical (unpaired) electrons. The van der Waals surface area contributed by atoms with E-state index in [1.54, 1.807) is 0 Å². The van der Waals surface area contributed by atoms with Crippen LogP contribution in [0.5, 0.6) is 0 Å². The van der Waals surface area contributed by atoms with Crippen molar-refractivity contribution in [1.29, 1.82) is 0 Å². The minimum absolute atomic E-state index is 0. The highest BCUT2D eigenvalue weighted by Crippen LogP contribution is 2.07. The van der Waals surface area contributed by atoms with Gasteiger partial charge in [0.25, 0.3) is 0 Å². The Bertz CT molecular complexity index is 202. The molecule has 1 rings (SSSR count). The number of carbonyl (C=O) groups excluding carboxylic acids is 1. The topological polar surface area (TPSA) is 50.4 Å². The lowest BCUT2D eigenvalue weighted by atomic mass is 10.0. The van der Waals surface area contributed by atoms with Crippen molar-refractivity contribution < 1.29 is 9.53 Å². The Hall–Kier alpha value is -0.320. The van der Waals surface area contributed by atoms with Gasteiger partial charge in [-0.15, -0.1) is 12.4 Å². The molecular weight excluding hydrogens is 228 g/mol. The highest BCUT2D eigenvalue weighted by molar-refractivity contribution is 5.85. The molecule has 1 aliphatic heterocycles. The summed E-state index contributed by atoms with van der Waals surface area (Å²) in [6.45, 7) is 6.03. The Morgan fingerprint density at radius 2 is 2.31 bits per heavy atom. The second-order valence-electron chi connectivity index (χ2n) is 4.20. The van der Waals surface area contributed by atoms with E-state index >= 15 is 0 Å². The maximum Gasteiger partial charge on any atom is 0.246 e. The predicted octanol–water partition coefficient (Wildman–Crippen LogP) is 1.09. The van der Waals surface area contributed by atoms with E-state index < -0.39 is 0 Å². The largest absolute Gasteiger partial charge is 0.372 e. The smallest absolute Gasteiger partial charge is 0.246 e. The molecule has 1 heterocycles. The molecule has 2 atom stereocenters. The lowest BCUT2D eigenvalue weighted by Gasteiger charge is -2.28. The summed E-state index contributed by atoms with van der Waals surface area (Å²) in [6, 6.07) is 0.819. The summed E-state index contributed by atoms with van der Waals surface area (Å²) >= 11 is 0. The third kappa shape index (κ3) is 6.30. The number of hydrogen-bond donors (Lipinski definition) is 2. The average Bonchev–Trinajstić information content (AvgIpc) is 2.18. The van der Waals surface area contributed by atoms with Crippen LogP contribution in [0.4, 0.5) is 0 Å². The van der Waals surface area contributed by atoms with Gasteiger partial charge in [0.1, 0.15) is 6.61 Å². The minimum Gasteiger partial charge on any atom is -0.372 e.